The van der Waals surface area contributed by atoms with Gasteiger partial charge in [0, 0.05) is 0 Å². The number of hydrogen-bond donors (Lipinski definition) is 2. The summed E-state index contributed by atoms with van der Waals surface area (Å²) in [6, 6.07) is -0.0459. The number of aliphatic hydroxyl groups is 1. The molecule has 0 aromatic heterocycles. The van der Waals surface area contributed by atoms with E-state index in [2.05, 4.69) is 11.8 Å². The van der Waals surface area contributed by atoms with Crippen LogP contribution in [-0.4, -0.2) is 11.1 Å². The Hall–Kier alpha value is -0.210. The summed E-state index contributed by atoms with van der Waals surface area (Å²) in [5.41, 5.74) is 0. The van der Waals surface area contributed by atoms with Gasteiger partial charge in [-0.2, -0.15) is 0 Å². The van der Waals surface area contributed by atoms with E-state index in [9.17, 15) is 5.11 Å². The second-order valence-electron chi connectivity index (χ2n) is 2.77. The van der Waals surface area contributed by atoms with Crippen LogP contribution in [0.25, 0.3) is 0 Å². The number of halogens is 1. The average Bonchev–Trinajstić information content (AvgIpc) is 1.88. The summed E-state index contributed by atoms with van der Waals surface area (Å²) in [4.78, 5) is 2.56. The first kappa shape index (κ1) is 7.89. The molecule has 0 radical (unpaired) electrons. The van der Waals surface area contributed by atoms with Gasteiger partial charge in [-0.05, 0) is 36.6 Å². The van der Waals surface area contributed by atoms with Crippen LogP contribution in [-0.2, 0) is 0 Å². The SMILES string of the molecule is C[C@@H]1CCC=C(O)[C@H]1NCl. The number of hydrogen-bond acceptors (Lipinski definition) is 2. The molecule has 0 amide bonds. The molecular weight excluding hydrogens is 150 g/mol. The molecule has 0 fully saturated rings. The van der Waals surface area contributed by atoms with Crippen molar-refractivity contribution in [3.8, 4) is 0 Å². The van der Waals surface area contributed by atoms with Crippen molar-refractivity contribution < 1.29 is 5.11 Å². The lowest BCUT2D eigenvalue weighted by atomic mass is 9.91. The standard InChI is InChI=1S/C7H12ClNO/c1-5-3-2-4-6(10)7(5)9-8/h4-5,7,9-10H,2-3H2,1H3/t5-,7+/m1/s1. The van der Waals surface area contributed by atoms with Gasteiger partial charge < -0.3 is 5.11 Å². The maximum atomic E-state index is 9.25. The highest BCUT2D eigenvalue weighted by Gasteiger charge is 2.22. The molecule has 1 aliphatic rings. The smallest absolute Gasteiger partial charge is 0.107 e. The summed E-state index contributed by atoms with van der Waals surface area (Å²) in [5.74, 6) is 0.816. The van der Waals surface area contributed by atoms with Gasteiger partial charge in [-0.3, -0.25) is 0 Å². The highest BCUT2D eigenvalue weighted by atomic mass is 35.5. The topological polar surface area (TPSA) is 32.3 Å². The largest absolute Gasteiger partial charge is 0.511 e. The van der Waals surface area contributed by atoms with E-state index >= 15 is 0 Å². The minimum atomic E-state index is -0.0459. The quantitative estimate of drug-likeness (QED) is 0.577. The third-order valence-electron chi connectivity index (χ3n) is 1.98. The number of allylic oxidation sites excluding steroid dienone is 1. The summed E-state index contributed by atoms with van der Waals surface area (Å²) in [5, 5.41) is 9.25. The Morgan fingerprint density at radius 3 is 2.90 bits per heavy atom. The fourth-order valence-corrected chi connectivity index (χ4v) is 1.57. The number of aliphatic hydroxyl groups excluding tert-OH is 1. The predicted molar refractivity (Wildman–Crippen MR) is 41.9 cm³/mol. The highest BCUT2D eigenvalue weighted by Crippen LogP contribution is 2.22. The number of rotatable bonds is 1. The molecule has 2 nitrogen and oxygen atoms in total. The summed E-state index contributed by atoms with van der Waals surface area (Å²) in [6.07, 6.45) is 3.87. The lowest BCUT2D eigenvalue weighted by Gasteiger charge is -2.24. The molecule has 0 saturated heterocycles. The molecule has 3 heteroatoms. The molecule has 0 unspecified atom stereocenters. The van der Waals surface area contributed by atoms with Gasteiger partial charge >= 0.3 is 0 Å². The van der Waals surface area contributed by atoms with Crippen molar-refractivity contribution >= 4 is 11.8 Å². The Morgan fingerprint density at radius 2 is 2.50 bits per heavy atom. The molecule has 0 saturated carbocycles. The Balaban J connectivity index is 2.63. The van der Waals surface area contributed by atoms with Crippen molar-refractivity contribution in [3.05, 3.63) is 11.8 Å². The molecule has 58 valence electrons. The Labute approximate surface area is 66.0 Å². The van der Waals surface area contributed by atoms with E-state index in [1.807, 2.05) is 6.08 Å². The average molecular weight is 162 g/mol. The van der Waals surface area contributed by atoms with Gasteiger partial charge in [-0.25, -0.2) is 4.84 Å². The first-order valence-corrected chi connectivity index (χ1v) is 3.88. The fraction of sp³-hybridized carbons (Fsp3) is 0.714. The van der Waals surface area contributed by atoms with Crippen LogP contribution in [0.3, 0.4) is 0 Å². The van der Waals surface area contributed by atoms with Crippen molar-refractivity contribution in [1.29, 1.82) is 0 Å². The zero-order chi connectivity index (χ0) is 7.56. The zero-order valence-corrected chi connectivity index (χ0v) is 6.73. The second kappa shape index (κ2) is 3.26. The van der Waals surface area contributed by atoms with Gasteiger partial charge in [-0.15, -0.1) is 0 Å². The lowest BCUT2D eigenvalue weighted by molar-refractivity contribution is 0.286. The number of nitrogens with one attached hydrogen (secondary N) is 1. The minimum absolute atomic E-state index is 0.0459. The molecule has 2 N–H and O–H groups in total. The van der Waals surface area contributed by atoms with Gasteiger partial charge in [0.2, 0.25) is 0 Å². The molecule has 1 rings (SSSR count). The van der Waals surface area contributed by atoms with Crippen LogP contribution >= 0.6 is 11.8 Å². The molecule has 1 aliphatic carbocycles. The van der Waals surface area contributed by atoms with Crippen LogP contribution < -0.4 is 4.84 Å². The zero-order valence-electron chi connectivity index (χ0n) is 5.97. The first-order chi connectivity index (χ1) is 4.75. The molecule has 0 aromatic rings. The first-order valence-electron chi connectivity index (χ1n) is 3.51. The maximum absolute atomic E-state index is 9.25. The van der Waals surface area contributed by atoms with Crippen molar-refractivity contribution in [1.82, 2.24) is 4.84 Å². The van der Waals surface area contributed by atoms with Gasteiger partial charge in [0.25, 0.3) is 0 Å². The van der Waals surface area contributed by atoms with Crippen molar-refractivity contribution in [2.45, 2.75) is 25.8 Å². The van der Waals surface area contributed by atoms with E-state index in [0.29, 0.717) is 11.7 Å². The van der Waals surface area contributed by atoms with Crippen molar-refractivity contribution in [2.75, 3.05) is 0 Å². The highest BCUT2D eigenvalue weighted by molar-refractivity contribution is 6.13. The third kappa shape index (κ3) is 1.44. The molecule has 0 heterocycles. The van der Waals surface area contributed by atoms with Gasteiger partial charge in [0.1, 0.15) is 5.76 Å². The molecule has 0 aliphatic heterocycles. The summed E-state index contributed by atoms with van der Waals surface area (Å²) in [7, 11) is 0. The van der Waals surface area contributed by atoms with Gasteiger partial charge in [0.05, 0.1) is 6.04 Å². The van der Waals surface area contributed by atoms with E-state index in [-0.39, 0.29) is 6.04 Å². The Kier molecular flexibility index (Phi) is 2.57. The van der Waals surface area contributed by atoms with Crippen LogP contribution in [0.15, 0.2) is 11.8 Å². The lowest BCUT2D eigenvalue weighted by Crippen LogP contribution is -2.32. The summed E-state index contributed by atoms with van der Waals surface area (Å²) < 4.78 is 0. The van der Waals surface area contributed by atoms with Crippen LogP contribution in [0.2, 0.25) is 0 Å². The van der Waals surface area contributed by atoms with E-state index in [0.717, 1.165) is 12.8 Å². The fourth-order valence-electron chi connectivity index (χ4n) is 1.24. The summed E-state index contributed by atoms with van der Waals surface area (Å²) in [6.45, 7) is 2.07. The van der Waals surface area contributed by atoms with Crippen LogP contribution in [0, 0.1) is 5.92 Å². The summed E-state index contributed by atoms with van der Waals surface area (Å²) >= 11 is 5.42. The Morgan fingerprint density at radius 1 is 1.80 bits per heavy atom. The van der Waals surface area contributed by atoms with Crippen LogP contribution in [0.1, 0.15) is 19.8 Å². The van der Waals surface area contributed by atoms with E-state index < -0.39 is 0 Å². The van der Waals surface area contributed by atoms with Gasteiger partial charge in [0.15, 0.2) is 0 Å². The van der Waals surface area contributed by atoms with E-state index in [1.54, 1.807) is 0 Å². The molecule has 0 spiro atoms. The minimum Gasteiger partial charge on any atom is -0.511 e. The van der Waals surface area contributed by atoms with Crippen molar-refractivity contribution in [2.24, 2.45) is 5.92 Å². The van der Waals surface area contributed by atoms with Gasteiger partial charge in [-0.1, -0.05) is 6.92 Å². The Bertz CT molecular complexity index is 147. The van der Waals surface area contributed by atoms with Crippen molar-refractivity contribution in [3.63, 3.8) is 0 Å². The molecular formula is C7H12ClNO. The molecule has 0 bridgehead atoms. The molecule has 10 heavy (non-hydrogen) atoms. The third-order valence-corrected chi connectivity index (χ3v) is 2.22. The monoisotopic (exact) mass is 161 g/mol. The second-order valence-corrected chi connectivity index (χ2v) is 2.99. The van der Waals surface area contributed by atoms with E-state index in [1.165, 1.54) is 0 Å². The normalized spacial score (nSPS) is 33.6. The maximum Gasteiger partial charge on any atom is 0.107 e. The van der Waals surface area contributed by atoms with Crippen LogP contribution in [0.5, 0.6) is 0 Å². The molecule has 2 atom stereocenters. The molecule has 0 aromatic carbocycles. The van der Waals surface area contributed by atoms with Crippen LogP contribution in [0.4, 0.5) is 0 Å². The predicted octanol–water partition coefficient (Wildman–Crippen LogP) is 1.97. The van der Waals surface area contributed by atoms with E-state index in [4.69, 9.17) is 11.8 Å².